The van der Waals surface area contributed by atoms with Gasteiger partial charge in [0, 0.05) is 13.2 Å². The summed E-state index contributed by atoms with van der Waals surface area (Å²) in [5.74, 6) is -1.19. The Bertz CT molecular complexity index is 673. The molecule has 0 radical (unpaired) electrons. The van der Waals surface area contributed by atoms with Gasteiger partial charge in [0.15, 0.2) is 0 Å². The van der Waals surface area contributed by atoms with Gasteiger partial charge in [-0.1, -0.05) is 0 Å². The Hall–Kier alpha value is -1.07. The number of primary sulfonamides is 1. The fourth-order valence-electron chi connectivity index (χ4n) is 1.35. The molecule has 7 nitrogen and oxygen atoms in total. The van der Waals surface area contributed by atoms with Crippen LogP contribution in [0.25, 0.3) is 0 Å². The molecule has 114 valence electrons. The summed E-state index contributed by atoms with van der Waals surface area (Å²) < 4.78 is 66.4. The van der Waals surface area contributed by atoms with Gasteiger partial charge in [0.2, 0.25) is 20.0 Å². The van der Waals surface area contributed by atoms with Crippen LogP contribution in [0.1, 0.15) is 6.92 Å². The maximum absolute atomic E-state index is 13.7. The van der Waals surface area contributed by atoms with Crippen molar-refractivity contribution >= 4 is 20.0 Å². The van der Waals surface area contributed by atoms with E-state index in [2.05, 4.69) is 4.72 Å². The summed E-state index contributed by atoms with van der Waals surface area (Å²) in [6, 6.07) is 2.33. The van der Waals surface area contributed by atoms with Crippen molar-refractivity contribution in [3.8, 4) is 0 Å². The zero-order valence-corrected chi connectivity index (χ0v) is 12.3. The summed E-state index contributed by atoms with van der Waals surface area (Å²) in [6.07, 6.45) is 0. The molecule has 0 unspecified atom stereocenters. The van der Waals surface area contributed by atoms with Gasteiger partial charge >= 0.3 is 0 Å². The first kappa shape index (κ1) is 17.0. The lowest BCUT2D eigenvalue weighted by Crippen LogP contribution is -2.28. The monoisotopic (exact) mass is 326 g/mol. The molecule has 1 aromatic rings. The summed E-state index contributed by atoms with van der Waals surface area (Å²) >= 11 is 0. The second-order valence-corrected chi connectivity index (χ2v) is 7.03. The molecule has 0 bridgehead atoms. The molecule has 0 fully saturated rings. The molecule has 1 rings (SSSR count). The third kappa shape index (κ3) is 4.49. The molecule has 10 heteroatoms. The maximum Gasteiger partial charge on any atom is 0.243 e. The first-order chi connectivity index (χ1) is 9.18. The van der Waals surface area contributed by atoms with E-state index in [4.69, 9.17) is 9.88 Å². The summed E-state index contributed by atoms with van der Waals surface area (Å²) in [7, 11) is -8.16. The third-order valence-corrected chi connectivity index (χ3v) is 4.67. The topological polar surface area (TPSA) is 116 Å². The van der Waals surface area contributed by atoms with Crippen molar-refractivity contribution in [2.75, 3.05) is 19.8 Å². The van der Waals surface area contributed by atoms with E-state index >= 15 is 0 Å². The Morgan fingerprint density at radius 2 is 1.95 bits per heavy atom. The lowest BCUT2D eigenvalue weighted by atomic mass is 10.3. The predicted octanol–water partition coefficient (Wildman–Crippen LogP) is -0.212. The Morgan fingerprint density at radius 1 is 1.30 bits per heavy atom. The van der Waals surface area contributed by atoms with Crippen LogP contribution in [0.4, 0.5) is 4.39 Å². The number of nitrogens with one attached hydrogen (secondary N) is 1. The number of ether oxygens (including phenoxy) is 1. The van der Waals surface area contributed by atoms with Gasteiger partial charge in [-0.15, -0.1) is 0 Å². The zero-order chi connectivity index (χ0) is 15.4. The molecule has 0 spiro atoms. The van der Waals surface area contributed by atoms with Crippen molar-refractivity contribution in [2.24, 2.45) is 5.14 Å². The van der Waals surface area contributed by atoms with Gasteiger partial charge in [0.1, 0.15) is 10.7 Å². The third-order valence-electron chi connectivity index (χ3n) is 2.26. The van der Waals surface area contributed by atoms with E-state index in [9.17, 15) is 21.2 Å². The number of nitrogens with two attached hydrogens (primary N) is 1. The van der Waals surface area contributed by atoms with Crippen molar-refractivity contribution < 1.29 is 26.0 Å². The molecule has 0 aliphatic rings. The van der Waals surface area contributed by atoms with Crippen molar-refractivity contribution in [1.29, 1.82) is 0 Å². The molecule has 0 amide bonds. The van der Waals surface area contributed by atoms with E-state index in [1.165, 1.54) is 0 Å². The number of hydrogen-bond acceptors (Lipinski definition) is 5. The summed E-state index contributed by atoms with van der Waals surface area (Å²) in [6.45, 7) is 2.30. The average Bonchev–Trinajstić information content (AvgIpc) is 2.33. The van der Waals surface area contributed by atoms with E-state index in [0.717, 1.165) is 12.1 Å². The lowest BCUT2D eigenvalue weighted by Gasteiger charge is -2.08. The number of rotatable bonds is 7. The standard InChI is InChI=1S/C10H15FN2O5S2/c1-2-18-6-5-13-20(16,17)10-4-3-8(7-9(10)11)19(12,14)15/h3-4,7,13H,2,5-6H2,1H3,(H2,12,14,15). The van der Waals surface area contributed by atoms with Gasteiger partial charge in [-0.2, -0.15) is 0 Å². The minimum atomic E-state index is -4.09. The molecule has 0 aliphatic carbocycles. The molecule has 0 heterocycles. The molecule has 0 atom stereocenters. The highest BCUT2D eigenvalue weighted by atomic mass is 32.2. The summed E-state index contributed by atoms with van der Waals surface area (Å²) in [4.78, 5) is -1.15. The summed E-state index contributed by atoms with van der Waals surface area (Å²) in [5.41, 5.74) is 0. The molecule has 0 aromatic heterocycles. The van der Waals surface area contributed by atoms with Crippen LogP contribution < -0.4 is 9.86 Å². The SMILES string of the molecule is CCOCCNS(=O)(=O)c1ccc(S(N)(=O)=O)cc1F. The maximum atomic E-state index is 13.7. The molecule has 1 aromatic carbocycles. The van der Waals surface area contributed by atoms with E-state index in [1.807, 2.05) is 0 Å². The Balaban J connectivity index is 2.97. The van der Waals surface area contributed by atoms with Crippen LogP contribution in [0.3, 0.4) is 0 Å². The van der Waals surface area contributed by atoms with Crippen LogP contribution in [0.15, 0.2) is 28.0 Å². The lowest BCUT2D eigenvalue weighted by molar-refractivity contribution is 0.153. The van der Waals surface area contributed by atoms with Gasteiger partial charge in [-0.25, -0.2) is 31.1 Å². The van der Waals surface area contributed by atoms with E-state index < -0.39 is 35.7 Å². The molecule has 0 saturated heterocycles. The van der Waals surface area contributed by atoms with Crippen LogP contribution in [-0.4, -0.2) is 36.6 Å². The highest BCUT2D eigenvalue weighted by molar-refractivity contribution is 7.89. The minimum absolute atomic E-state index is 0.0213. The second kappa shape index (κ2) is 6.59. The van der Waals surface area contributed by atoms with Crippen molar-refractivity contribution in [3.63, 3.8) is 0 Å². The number of hydrogen-bond donors (Lipinski definition) is 2. The first-order valence-electron chi connectivity index (χ1n) is 5.58. The fraction of sp³-hybridized carbons (Fsp3) is 0.400. The van der Waals surface area contributed by atoms with Crippen molar-refractivity contribution in [1.82, 2.24) is 4.72 Å². The number of sulfonamides is 2. The predicted molar refractivity (Wildman–Crippen MR) is 69.5 cm³/mol. The second-order valence-electron chi connectivity index (χ2n) is 3.73. The Labute approximate surface area is 117 Å². The Morgan fingerprint density at radius 3 is 2.45 bits per heavy atom. The average molecular weight is 326 g/mol. The van der Waals surface area contributed by atoms with Crippen molar-refractivity contribution in [3.05, 3.63) is 24.0 Å². The molecular weight excluding hydrogens is 311 g/mol. The van der Waals surface area contributed by atoms with Gasteiger partial charge < -0.3 is 4.74 Å². The van der Waals surface area contributed by atoms with Crippen LogP contribution in [0, 0.1) is 5.82 Å². The first-order valence-corrected chi connectivity index (χ1v) is 8.61. The molecule has 0 aliphatic heterocycles. The smallest absolute Gasteiger partial charge is 0.243 e. The van der Waals surface area contributed by atoms with E-state index in [-0.39, 0.29) is 13.2 Å². The largest absolute Gasteiger partial charge is 0.380 e. The van der Waals surface area contributed by atoms with Crippen molar-refractivity contribution in [2.45, 2.75) is 16.7 Å². The molecule has 3 N–H and O–H groups in total. The number of benzene rings is 1. The van der Waals surface area contributed by atoms with Gasteiger partial charge in [-0.05, 0) is 25.1 Å². The van der Waals surface area contributed by atoms with E-state index in [0.29, 0.717) is 12.7 Å². The van der Waals surface area contributed by atoms with E-state index in [1.54, 1.807) is 6.92 Å². The summed E-state index contributed by atoms with van der Waals surface area (Å²) in [5, 5.41) is 4.82. The van der Waals surface area contributed by atoms with Gasteiger partial charge in [0.25, 0.3) is 0 Å². The normalized spacial score (nSPS) is 12.6. The number of halogens is 1. The zero-order valence-electron chi connectivity index (χ0n) is 10.7. The Kier molecular flexibility index (Phi) is 5.59. The van der Waals surface area contributed by atoms with Gasteiger partial charge in [-0.3, -0.25) is 0 Å². The highest BCUT2D eigenvalue weighted by Gasteiger charge is 2.20. The minimum Gasteiger partial charge on any atom is -0.380 e. The molecule has 0 saturated carbocycles. The van der Waals surface area contributed by atoms with Crippen LogP contribution >= 0.6 is 0 Å². The highest BCUT2D eigenvalue weighted by Crippen LogP contribution is 2.17. The molecule has 20 heavy (non-hydrogen) atoms. The fourth-order valence-corrected chi connectivity index (χ4v) is 2.94. The van der Waals surface area contributed by atoms with Crippen LogP contribution in [-0.2, 0) is 24.8 Å². The van der Waals surface area contributed by atoms with Gasteiger partial charge in [0.05, 0.1) is 11.5 Å². The van der Waals surface area contributed by atoms with Crippen LogP contribution in [0.5, 0.6) is 0 Å². The molecular formula is C10H15FN2O5S2. The van der Waals surface area contributed by atoms with Crippen LogP contribution in [0.2, 0.25) is 0 Å². The quantitative estimate of drug-likeness (QED) is 0.673.